The fourth-order valence-corrected chi connectivity index (χ4v) is 1.65. The molecular formula is C16H17NO2. The number of pyridine rings is 1. The Kier molecular flexibility index (Phi) is 5.14. The summed E-state index contributed by atoms with van der Waals surface area (Å²) >= 11 is 0. The van der Waals surface area contributed by atoms with Crippen molar-refractivity contribution in [2.24, 2.45) is 0 Å². The van der Waals surface area contributed by atoms with E-state index in [1.807, 2.05) is 54.6 Å². The van der Waals surface area contributed by atoms with E-state index in [2.05, 4.69) is 4.98 Å². The Bertz CT molecular complexity index is 523. The molecule has 0 bridgehead atoms. The summed E-state index contributed by atoms with van der Waals surface area (Å²) in [5, 5.41) is 8.76. The Hall–Kier alpha value is -2.13. The van der Waals surface area contributed by atoms with E-state index >= 15 is 0 Å². The maximum Gasteiger partial charge on any atom is 0.145 e. The fourth-order valence-electron chi connectivity index (χ4n) is 1.65. The van der Waals surface area contributed by atoms with Gasteiger partial charge in [-0.15, -0.1) is 0 Å². The number of hydrogen-bond donors (Lipinski definition) is 1. The van der Waals surface area contributed by atoms with Gasteiger partial charge < -0.3 is 9.84 Å². The van der Waals surface area contributed by atoms with E-state index in [1.54, 1.807) is 6.20 Å². The average Bonchev–Trinajstić information content (AvgIpc) is 2.48. The molecule has 1 N–H and O–H groups in total. The van der Waals surface area contributed by atoms with E-state index < -0.39 is 0 Å². The number of ether oxygens (including phenoxy) is 1. The van der Waals surface area contributed by atoms with Gasteiger partial charge >= 0.3 is 0 Å². The van der Waals surface area contributed by atoms with Crippen molar-refractivity contribution in [3.05, 3.63) is 66.0 Å². The molecule has 0 amide bonds. The highest BCUT2D eigenvalue weighted by Crippen LogP contribution is 2.18. The first-order valence-corrected chi connectivity index (χ1v) is 6.29. The summed E-state index contributed by atoms with van der Waals surface area (Å²) in [5.74, 6) is 0.751. The first-order chi connectivity index (χ1) is 9.40. The molecule has 0 aliphatic rings. The lowest BCUT2D eigenvalue weighted by molar-refractivity contribution is 0.302. The number of hydrogen-bond acceptors (Lipinski definition) is 3. The molecule has 1 aromatic heterocycles. The van der Waals surface area contributed by atoms with Crippen molar-refractivity contribution in [1.82, 2.24) is 4.98 Å². The van der Waals surface area contributed by atoms with Crippen molar-refractivity contribution >= 4 is 6.08 Å². The van der Waals surface area contributed by atoms with E-state index in [1.165, 1.54) is 0 Å². The maximum absolute atomic E-state index is 8.76. The molecule has 0 aliphatic carbocycles. The number of nitrogens with zero attached hydrogens (tertiary/aromatic N) is 1. The van der Waals surface area contributed by atoms with Crippen LogP contribution in [0.25, 0.3) is 6.08 Å². The molecule has 0 atom stereocenters. The second-order valence-electron chi connectivity index (χ2n) is 4.08. The van der Waals surface area contributed by atoms with Crippen LogP contribution in [0.4, 0.5) is 0 Å². The lowest BCUT2D eigenvalue weighted by atomic mass is 10.2. The summed E-state index contributed by atoms with van der Waals surface area (Å²) in [7, 11) is 0. The molecule has 0 fully saturated rings. The van der Waals surface area contributed by atoms with Crippen LogP contribution in [0.2, 0.25) is 0 Å². The molecule has 1 heterocycles. The van der Waals surface area contributed by atoms with Crippen molar-refractivity contribution in [2.45, 2.75) is 13.0 Å². The normalized spacial score (nSPS) is 10.8. The summed E-state index contributed by atoms with van der Waals surface area (Å²) in [6, 6.07) is 13.8. The lowest BCUT2D eigenvalue weighted by Gasteiger charge is -2.08. The molecule has 0 aliphatic heterocycles. The standard InChI is InChI=1S/C16H17NO2/c18-12-5-4-9-15-16(10-6-11-17-15)19-13-14-7-2-1-3-8-14/h1-4,6-11,18H,5,12-13H2/b9-4+. The van der Waals surface area contributed by atoms with E-state index in [4.69, 9.17) is 9.84 Å². The predicted molar refractivity (Wildman–Crippen MR) is 75.7 cm³/mol. The van der Waals surface area contributed by atoms with Gasteiger partial charge in [0.25, 0.3) is 0 Å². The minimum absolute atomic E-state index is 0.142. The summed E-state index contributed by atoms with van der Waals surface area (Å²) in [4.78, 5) is 4.27. The van der Waals surface area contributed by atoms with Gasteiger partial charge in [-0.2, -0.15) is 0 Å². The number of aromatic nitrogens is 1. The van der Waals surface area contributed by atoms with Gasteiger partial charge in [-0.25, -0.2) is 0 Å². The topological polar surface area (TPSA) is 42.4 Å². The monoisotopic (exact) mass is 255 g/mol. The Morgan fingerprint density at radius 1 is 1.11 bits per heavy atom. The molecule has 98 valence electrons. The summed E-state index contributed by atoms with van der Waals surface area (Å²) < 4.78 is 5.78. The zero-order chi connectivity index (χ0) is 13.3. The molecule has 0 spiro atoms. The molecule has 3 nitrogen and oxygen atoms in total. The van der Waals surface area contributed by atoms with Crippen LogP contribution in [0, 0.1) is 0 Å². The Morgan fingerprint density at radius 3 is 2.74 bits per heavy atom. The van der Waals surface area contributed by atoms with E-state index in [0.717, 1.165) is 17.0 Å². The highest BCUT2D eigenvalue weighted by atomic mass is 16.5. The summed E-state index contributed by atoms with van der Waals surface area (Å²) in [6.45, 7) is 0.664. The summed E-state index contributed by atoms with van der Waals surface area (Å²) in [6.07, 6.45) is 6.11. The Morgan fingerprint density at radius 2 is 1.95 bits per heavy atom. The number of benzene rings is 1. The van der Waals surface area contributed by atoms with E-state index in [9.17, 15) is 0 Å². The Balaban J connectivity index is 2.03. The minimum Gasteiger partial charge on any atom is -0.487 e. The first-order valence-electron chi connectivity index (χ1n) is 6.29. The molecule has 0 saturated carbocycles. The SMILES string of the molecule is OCC/C=C/c1ncccc1OCc1ccccc1. The van der Waals surface area contributed by atoms with Gasteiger partial charge in [0, 0.05) is 12.8 Å². The molecule has 3 heteroatoms. The van der Waals surface area contributed by atoms with Gasteiger partial charge in [0.1, 0.15) is 18.1 Å². The highest BCUT2D eigenvalue weighted by molar-refractivity contribution is 5.52. The predicted octanol–water partition coefficient (Wildman–Crippen LogP) is 3.06. The number of aliphatic hydroxyl groups excluding tert-OH is 1. The molecule has 0 radical (unpaired) electrons. The second kappa shape index (κ2) is 7.34. The molecule has 1 aromatic carbocycles. The summed E-state index contributed by atoms with van der Waals surface area (Å²) in [5.41, 5.74) is 1.91. The van der Waals surface area contributed by atoms with Gasteiger partial charge in [-0.05, 0) is 30.2 Å². The molecule has 0 unspecified atom stereocenters. The zero-order valence-electron chi connectivity index (χ0n) is 10.7. The van der Waals surface area contributed by atoms with Gasteiger partial charge in [0.15, 0.2) is 0 Å². The first kappa shape index (κ1) is 13.3. The molecule has 0 saturated heterocycles. The number of rotatable bonds is 6. The second-order valence-corrected chi connectivity index (χ2v) is 4.08. The third-order valence-electron chi connectivity index (χ3n) is 2.61. The smallest absolute Gasteiger partial charge is 0.145 e. The number of aliphatic hydroxyl groups is 1. The maximum atomic E-state index is 8.76. The van der Waals surface area contributed by atoms with Gasteiger partial charge in [0.05, 0.1) is 0 Å². The van der Waals surface area contributed by atoms with Crippen LogP contribution in [-0.4, -0.2) is 16.7 Å². The van der Waals surface area contributed by atoms with Gasteiger partial charge in [-0.3, -0.25) is 4.98 Å². The molecular weight excluding hydrogens is 238 g/mol. The van der Waals surface area contributed by atoms with Crippen molar-refractivity contribution in [3.63, 3.8) is 0 Å². The Labute approximate surface area is 113 Å². The van der Waals surface area contributed by atoms with E-state index in [-0.39, 0.29) is 6.61 Å². The third kappa shape index (κ3) is 4.23. The molecule has 2 rings (SSSR count). The quantitative estimate of drug-likeness (QED) is 0.862. The lowest BCUT2D eigenvalue weighted by Crippen LogP contribution is -1.97. The molecule has 2 aromatic rings. The average molecular weight is 255 g/mol. The van der Waals surface area contributed by atoms with Gasteiger partial charge in [-0.1, -0.05) is 36.4 Å². The van der Waals surface area contributed by atoms with Crippen LogP contribution >= 0.6 is 0 Å². The largest absolute Gasteiger partial charge is 0.487 e. The van der Waals surface area contributed by atoms with Crippen LogP contribution < -0.4 is 4.74 Å². The zero-order valence-corrected chi connectivity index (χ0v) is 10.7. The van der Waals surface area contributed by atoms with Crippen LogP contribution in [0.5, 0.6) is 5.75 Å². The highest BCUT2D eigenvalue weighted by Gasteiger charge is 2.01. The van der Waals surface area contributed by atoms with E-state index in [0.29, 0.717) is 13.0 Å². The van der Waals surface area contributed by atoms with Crippen LogP contribution in [-0.2, 0) is 6.61 Å². The fraction of sp³-hybridized carbons (Fsp3) is 0.188. The van der Waals surface area contributed by atoms with Crippen LogP contribution in [0.1, 0.15) is 17.7 Å². The van der Waals surface area contributed by atoms with Crippen LogP contribution in [0.3, 0.4) is 0 Å². The van der Waals surface area contributed by atoms with Crippen molar-refractivity contribution in [3.8, 4) is 5.75 Å². The molecule has 19 heavy (non-hydrogen) atoms. The minimum atomic E-state index is 0.142. The van der Waals surface area contributed by atoms with Gasteiger partial charge in [0.2, 0.25) is 0 Å². The van der Waals surface area contributed by atoms with Crippen molar-refractivity contribution in [2.75, 3.05) is 6.61 Å². The van der Waals surface area contributed by atoms with Crippen molar-refractivity contribution in [1.29, 1.82) is 0 Å². The third-order valence-corrected chi connectivity index (χ3v) is 2.61. The van der Waals surface area contributed by atoms with Crippen molar-refractivity contribution < 1.29 is 9.84 Å². The van der Waals surface area contributed by atoms with Crippen LogP contribution in [0.15, 0.2) is 54.7 Å².